The molecule has 0 bridgehead atoms. The van der Waals surface area contributed by atoms with Crippen LogP contribution >= 0.6 is 0 Å². The van der Waals surface area contributed by atoms with Crippen molar-refractivity contribution in [3.05, 3.63) is 24.7 Å². The Morgan fingerprint density at radius 1 is 1.26 bits per heavy atom. The summed E-state index contributed by atoms with van der Waals surface area (Å²) in [6.07, 6.45) is 7.70. The molecule has 5 rings (SSSR count). The Morgan fingerprint density at radius 3 is 2.46 bits per heavy atom. The maximum atomic E-state index is 12.8. The Kier molecular flexibility index (Phi) is 12.1. The van der Waals surface area contributed by atoms with Crippen molar-refractivity contribution in [3.8, 4) is 17.5 Å². The van der Waals surface area contributed by atoms with Gasteiger partial charge in [-0.25, -0.2) is 13.5 Å². The number of aromatic nitrogens is 6. The molecule has 0 aromatic carbocycles. The first-order valence-corrected chi connectivity index (χ1v) is 14.4. The van der Waals surface area contributed by atoms with Crippen molar-refractivity contribution in [1.82, 2.24) is 33.7 Å². The molecule has 3 aromatic rings. The zero-order chi connectivity index (χ0) is 29.2. The van der Waals surface area contributed by atoms with Crippen LogP contribution in [0.15, 0.2) is 24.7 Å². The third-order valence-electron chi connectivity index (χ3n) is 5.52. The van der Waals surface area contributed by atoms with E-state index in [0.29, 0.717) is 17.0 Å². The molecular formula is C25H37F2N9O2S. The zero-order valence-corrected chi connectivity index (χ0v) is 24.1. The lowest BCUT2D eigenvalue weighted by atomic mass is 9.89. The van der Waals surface area contributed by atoms with Crippen LogP contribution < -0.4 is 5.32 Å². The van der Waals surface area contributed by atoms with Gasteiger partial charge in [-0.1, -0.05) is 48.0 Å². The number of nitrogens with zero attached hydrogens (tertiary/aromatic N) is 8. The Labute approximate surface area is 230 Å². The maximum absolute atomic E-state index is 12.8. The van der Waals surface area contributed by atoms with Crippen molar-refractivity contribution in [2.75, 3.05) is 18.4 Å². The molecule has 11 nitrogen and oxygen atoms in total. The average molecular weight is 566 g/mol. The number of rotatable bonds is 7. The third-order valence-corrected chi connectivity index (χ3v) is 6.59. The van der Waals surface area contributed by atoms with Crippen molar-refractivity contribution in [1.29, 1.82) is 5.26 Å². The predicted octanol–water partition coefficient (Wildman–Crippen LogP) is 4.62. The molecule has 14 heteroatoms. The molecule has 1 saturated carbocycles. The predicted molar refractivity (Wildman–Crippen MR) is 146 cm³/mol. The zero-order valence-electron chi connectivity index (χ0n) is 23.3. The number of alkyl halides is 2. The summed E-state index contributed by atoms with van der Waals surface area (Å²) in [5, 5.41) is 20.6. The molecule has 1 aliphatic carbocycles. The molecule has 0 spiro atoms. The number of nitriles is 1. The second-order valence-electron chi connectivity index (χ2n) is 8.51. The lowest BCUT2D eigenvalue weighted by Crippen LogP contribution is -2.63. The van der Waals surface area contributed by atoms with Gasteiger partial charge in [0.25, 0.3) is 0 Å². The van der Waals surface area contributed by atoms with Gasteiger partial charge in [0.1, 0.15) is 5.54 Å². The molecule has 2 aliphatic rings. The van der Waals surface area contributed by atoms with Gasteiger partial charge in [-0.2, -0.15) is 28.6 Å². The van der Waals surface area contributed by atoms with Crippen molar-refractivity contribution < 1.29 is 17.8 Å². The first-order valence-electron chi connectivity index (χ1n) is 13.2. The van der Waals surface area contributed by atoms with Crippen molar-refractivity contribution >= 4 is 28.5 Å². The quantitative estimate of drug-likeness (QED) is 0.442. The highest BCUT2D eigenvalue weighted by atomic mass is 32.2. The molecule has 39 heavy (non-hydrogen) atoms. The molecule has 0 radical (unpaired) electrons. The standard InChI is InChI=1S/C18H17F2N9O2S.C3H8.2C2H6/c19-16(20)32(31)27-9-18(10-27,4-5-21)28-8-12(7-23-28)14-22-6-3-13-24-17(26-29(13)14)25-15(30)11-1-2-11;1-3-2;2*1-2/h3,6-8,11,16H,1-2,4,9-10H2,(H,25,26,30);3H2,1-2H3;2*1-2H3. The molecular weight excluding hydrogens is 528 g/mol. The minimum Gasteiger partial charge on any atom is -0.293 e. The van der Waals surface area contributed by atoms with Gasteiger partial charge in [0.05, 0.1) is 24.3 Å². The van der Waals surface area contributed by atoms with E-state index in [-0.39, 0.29) is 37.3 Å². The lowest BCUT2D eigenvalue weighted by molar-refractivity contribution is -0.117. The molecule has 1 amide bonds. The van der Waals surface area contributed by atoms with Gasteiger partial charge in [-0.15, -0.1) is 5.10 Å². The number of carbonyl (C=O) groups is 1. The van der Waals surface area contributed by atoms with Gasteiger partial charge in [-0.3, -0.25) is 14.8 Å². The molecule has 1 N–H and O–H groups in total. The fraction of sp³-hybridized carbons (Fsp3) is 0.600. The molecule has 1 saturated heterocycles. The van der Waals surface area contributed by atoms with Gasteiger partial charge in [0.2, 0.25) is 11.9 Å². The molecule has 4 heterocycles. The van der Waals surface area contributed by atoms with E-state index in [0.717, 1.165) is 17.1 Å². The third kappa shape index (κ3) is 7.42. The summed E-state index contributed by atoms with van der Waals surface area (Å²) in [6, 6.07) is 3.70. The van der Waals surface area contributed by atoms with E-state index in [1.54, 1.807) is 18.5 Å². The normalized spacial score (nSPS) is 16.3. The second kappa shape index (κ2) is 14.7. The number of anilines is 1. The Morgan fingerprint density at radius 2 is 1.90 bits per heavy atom. The summed E-state index contributed by atoms with van der Waals surface area (Å²) in [7, 11) is -2.42. The Bertz CT molecular complexity index is 1280. The van der Waals surface area contributed by atoms with E-state index in [4.69, 9.17) is 0 Å². The number of carbonyl (C=O) groups excluding carboxylic acids is 1. The van der Waals surface area contributed by atoms with E-state index in [9.17, 15) is 23.0 Å². The van der Waals surface area contributed by atoms with Gasteiger partial charge < -0.3 is 0 Å². The first kappa shape index (κ1) is 31.9. The van der Waals surface area contributed by atoms with Crippen LogP contribution in [-0.4, -0.2) is 62.6 Å². The largest absolute Gasteiger partial charge is 0.325 e. The summed E-state index contributed by atoms with van der Waals surface area (Å²) >= 11 is 0. The number of halogens is 2. The van der Waals surface area contributed by atoms with E-state index in [2.05, 4.69) is 45.4 Å². The average Bonchev–Trinajstić information content (AvgIpc) is 3.52. The van der Waals surface area contributed by atoms with Crippen LogP contribution in [0.4, 0.5) is 14.7 Å². The van der Waals surface area contributed by atoms with Crippen LogP contribution in [-0.2, 0) is 21.3 Å². The van der Waals surface area contributed by atoms with Crippen LogP contribution in [0.25, 0.3) is 17.0 Å². The topological polar surface area (TPSA) is 134 Å². The fourth-order valence-electron chi connectivity index (χ4n) is 3.66. The van der Waals surface area contributed by atoms with Crippen LogP contribution in [0.1, 0.15) is 67.2 Å². The maximum Gasteiger partial charge on any atom is 0.325 e. The molecule has 1 unspecified atom stereocenters. The molecule has 2 fully saturated rings. The SMILES string of the molecule is CC.CC.CCC.N#CCC1(n2cc(-c3nccc4nc(NC(=O)C5CC5)nn34)cn2)CN(S(=O)C(F)F)C1. The van der Waals surface area contributed by atoms with Crippen LogP contribution in [0.5, 0.6) is 0 Å². The summed E-state index contributed by atoms with van der Waals surface area (Å²) in [5.74, 6) is -2.50. The summed E-state index contributed by atoms with van der Waals surface area (Å²) in [4.78, 5) is 20.7. The second-order valence-corrected chi connectivity index (χ2v) is 9.94. The van der Waals surface area contributed by atoms with Gasteiger partial charge in [-0.05, 0) is 12.8 Å². The van der Waals surface area contributed by atoms with Crippen LogP contribution in [0.3, 0.4) is 0 Å². The molecule has 1 aliphatic heterocycles. The van der Waals surface area contributed by atoms with Gasteiger partial charge in [0, 0.05) is 37.5 Å². The monoisotopic (exact) mass is 565 g/mol. The minimum absolute atomic E-state index is 0.00945. The number of hydrogen-bond acceptors (Lipinski definition) is 7. The highest BCUT2D eigenvalue weighted by Crippen LogP contribution is 2.35. The molecule has 1 atom stereocenters. The van der Waals surface area contributed by atoms with Gasteiger partial charge >= 0.3 is 5.76 Å². The smallest absolute Gasteiger partial charge is 0.293 e. The van der Waals surface area contributed by atoms with Crippen molar-refractivity contribution in [3.63, 3.8) is 0 Å². The summed E-state index contributed by atoms with van der Waals surface area (Å²) in [5.41, 5.74) is 0.172. The summed E-state index contributed by atoms with van der Waals surface area (Å²) in [6.45, 7) is 12.3. The number of fused-ring (bicyclic) bond motifs is 1. The van der Waals surface area contributed by atoms with Gasteiger partial charge in [0.15, 0.2) is 22.5 Å². The highest BCUT2D eigenvalue weighted by Gasteiger charge is 2.49. The van der Waals surface area contributed by atoms with E-state index >= 15 is 0 Å². The van der Waals surface area contributed by atoms with Crippen molar-refractivity contribution in [2.45, 2.75) is 78.5 Å². The van der Waals surface area contributed by atoms with Crippen LogP contribution in [0, 0.1) is 17.2 Å². The van der Waals surface area contributed by atoms with E-state index < -0.39 is 22.3 Å². The fourth-order valence-corrected chi connectivity index (χ4v) is 4.62. The number of nitrogens with one attached hydrogen (secondary N) is 1. The highest BCUT2D eigenvalue weighted by molar-refractivity contribution is 7.83. The number of amides is 1. The molecule has 3 aromatic heterocycles. The number of hydrogen-bond donors (Lipinski definition) is 1. The Balaban J connectivity index is 0.000000700. The Hall–Kier alpha value is -3.31. The molecule has 214 valence electrons. The lowest BCUT2D eigenvalue weighted by Gasteiger charge is -2.47. The van der Waals surface area contributed by atoms with Crippen LogP contribution in [0.2, 0.25) is 0 Å². The first-order chi connectivity index (χ1) is 18.8. The van der Waals surface area contributed by atoms with E-state index in [1.807, 2.05) is 27.7 Å². The minimum atomic E-state index is -2.98. The van der Waals surface area contributed by atoms with E-state index in [1.165, 1.54) is 21.8 Å². The van der Waals surface area contributed by atoms with Crippen molar-refractivity contribution in [2.24, 2.45) is 5.92 Å². The summed E-state index contributed by atoms with van der Waals surface area (Å²) < 4.78 is 41.3.